The number of carbonyl (C=O) groups excluding carboxylic acids is 1. The van der Waals surface area contributed by atoms with Crippen molar-refractivity contribution in [1.82, 2.24) is 5.32 Å². The maximum Gasteiger partial charge on any atom is 0.326 e. The van der Waals surface area contributed by atoms with Crippen LogP contribution in [0.4, 0.5) is 0 Å². The van der Waals surface area contributed by atoms with Crippen molar-refractivity contribution in [3.8, 4) is 0 Å². The molecule has 2 rings (SSSR count). The molecule has 1 fully saturated rings. The molecular weight excluding hydrogens is 350 g/mol. The highest BCUT2D eigenvalue weighted by atomic mass is 79.9. The van der Waals surface area contributed by atoms with Crippen LogP contribution in [0.3, 0.4) is 0 Å². The Morgan fingerprint density at radius 3 is 2.95 bits per heavy atom. The number of nitrogens with one attached hydrogen (secondary N) is 1. The van der Waals surface area contributed by atoms with Crippen molar-refractivity contribution in [2.75, 3.05) is 13.7 Å². The van der Waals surface area contributed by atoms with E-state index < -0.39 is 5.54 Å². The number of benzene rings is 1. The van der Waals surface area contributed by atoms with Gasteiger partial charge < -0.3 is 10.1 Å². The molecule has 0 aromatic heterocycles. The third kappa shape index (κ3) is 4.02. The molecule has 0 radical (unpaired) electrons. The molecule has 1 aliphatic rings. The molecule has 3 nitrogen and oxygen atoms in total. The molecule has 2 atom stereocenters. The molecule has 5 heteroatoms. The van der Waals surface area contributed by atoms with E-state index in [1.54, 1.807) is 0 Å². The Bertz CT molecular complexity index is 497. The fraction of sp³-hybridized carbons (Fsp3) is 0.562. The lowest BCUT2D eigenvalue weighted by Crippen LogP contribution is -2.54. The van der Waals surface area contributed by atoms with Gasteiger partial charge >= 0.3 is 5.97 Å². The number of halogens is 1. The Morgan fingerprint density at radius 2 is 2.29 bits per heavy atom. The summed E-state index contributed by atoms with van der Waals surface area (Å²) < 4.78 is 6.40. The highest BCUT2D eigenvalue weighted by molar-refractivity contribution is 9.10. The SMILES string of the molecule is CCOC(=O)C1(NC)CCCC(Sc2ccccc2Br)C1. The molecule has 0 amide bonds. The van der Waals surface area contributed by atoms with Crippen molar-refractivity contribution in [1.29, 1.82) is 0 Å². The van der Waals surface area contributed by atoms with Gasteiger partial charge in [0.1, 0.15) is 5.54 Å². The molecule has 0 aliphatic heterocycles. The van der Waals surface area contributed by atoms with Gasteiger partial charge in [0.15, 0.2) is 0 Å². The van der Waals surface area contributed by atoms with Crippen molar-refractivity contribution < 1.29 is 9.53 Å². The Labute approximate surface area is 139 Å². The van der Waals surface area contributed by atoms with Crippen molar-refractivity contribution in [2.45, 2.75) is 48.3 Å². The first-order valence-corrected chi connectivity index (χ1v) is 9.06. The van der Waals surface area contributed by atoms with Gasteiger partial charge in [-0.05, 0) is 67.7 Å². The van der Waals surface area contributed by atoms with E-state index in [1.807, 2.05) is 37.9 Å². The maximum atomic E-state index is 12.3. The normalized spacial score (nSPS) is 25.6. The lowest BCUT2D eigenvalue weighted by atomic mass is 9.81. The molecule has 1 aliphatic carbocycles. The zero-order chi connectivity index (χ0) is 15.3. The molecule has 116 valence electrons. The second-order valence-electron chi connectivity index (χ2n) is 5.32. The molecule has 2 unspecified atom stereocenters. The van der Waals surface area contributed by atoms with Gasteiger partial charge in [-0.2, -0.15) is 0 Å². The monoisotopic (exact) mass is 371 g/mol. The van der Waals surface area contributed by atoms with Gasteiger partial charge in [-0.3, -0.25) is 4.79 Å². The third-order valence-electron chi connectivity index (χ3n) is 3.98. The summed E-state index contributed by atoms with van der Waals surface area (Å²) in [6.07, 6.45) is 3.85. The minimum atomic E-state index is -0.521. The van der Waals surface area contributed by atoms with Crippen LogP contribution in [-0.2, 0) is 9.53 Å². The largest absolute Gasteiger partial charge is 0.465 e. The summed E-state index contributed by atoms with van der Waals surface area (Å²) in [5.41, 5.74) is -0.521. The van der Waals surface area contributed by atoms with E-state index in [1.165, 1.54) is 4.90 Å². The van der Waals surface area contributed by atoms with Gasteiger partial charge in [0.05, 0.1) is 6.61 Å². The van der Waals surface area contributed by atoms with Crippen LogP contribution in [-0.4, -0.2) is 30.4 Å². The van der Waals surface area contributed by atoms with E-state index in [9.17, 15) is 4.79 Å². The number of likely N-dealkylation sites (N-methyl/N-ethyl adjacent to an activating group) is 1. The van der Waals surface area contributed by atoms with E-state index in [4.69, 9.17) is 4.74 Å². The minimum Gasteiger partial charge on any atom is -0.465 e. The van der Waals surface area contributed by atoms with Crippen LogP contribution in [0.25, 0.3) is 0 Å². The van der Waals surface area contributed by atoms with E-state index in [0.717, 1.165) is 30.2 Å². The van der Waals surface area contributed by atoms with Crippen LogP contribution in [0.2, 0.25) is 0 Å². The van der Waals surface area contributed by atoms with E-state index in [2.05, 4.69) is 33.4 Å². The molecule has 1 aromatic rings. The first-order chi connectivity index (χ1) is 10.1. The van der Waals surface area contributed by atoms with Gasteiger partial charge in [0.25, 0.3) is 0 Å². The van der Waals surface area contributed by atoms with E-state index in [-0.39, 0.29) is 5.97 Å². The lowest BCUT2D eigenvalue weighted by Gasteiger charge is -2.38. The summed E-state index contributed by atoms with van der Waals surface area (Å²) in [5, 5.41) is 3.66. The third-order valence-corrected chi connectivity index (χ3v) is 6.28. The summed E-state index contributed by atoms with van der Waals surface area (Å²) in [7, 11) is 1.86. The van der Waals surface area contributed by atoms with Crippen molar-refractivity contribution >= 4 is 33.7 Å². The number of esters is 1. The highest BCUT2D eigenvalue weighted by Crippen LogP contribution is 2.40. The smallest absolute Gasteiger partial charge is 0.326 e. The molecule has 21 heavy (non-hydrogen) atoms. The molecule has 0 bridgehead atoms. The standard InChI is InChI=1S/C16H22BrNO2S/c1-3-20-15(19)16(18-2)10-6-7-12(11-16)21-14-9-5-4-8-13(14)17/h4-5,8-9,12,18H,3,6-7,10-11H2,1-2H3. The Kier molecular flexibility index (Phi) is 6.14. The van der Waals surface area contributed by atoms with Crippen LogP contribution in [0.1, 0.15) is 32.6 Å². The molecule has 0 saturated heterocycles. The van der Waals surface area contributed by atoms with Crippen LogP contribution in [0.5, 0.6) is 0 Å². The van der Waals surface area contributed by atoms with E-state index in [0.29, 0.717) is 11.9 Å². The van der Waals surface area contributed by atoms with Crippen molar-refractivity contribution in [3.05, 3.63) is 28.7 Å². The molecular formula is C16H22BrNO2S. The fourth-order valence-corrected chi connectivity index (χ4v) is 4.74. The summed E-state index contributed by atoms with van der Waals surface area (Å²) in [4.78, 5) is 13.5. The predicted octanol–water partition coefficient (Wildman–Crippen LogP) is 4.01. The quantitative estimate of drug-likeness (QED) is 0.793. The predicted molar refractivity (Wildman–Crippen MR) is 90.7 cm³/mol. The molecule has 1 N–H and O–H groups in total. The number of rotatable bonds is 5. The summed E-state index contributed by atoms with van der Waals surface area (Å²) in [6, 6.07) is 8.24. The average Bonchev–Trinajstić information content (AvgIpc) is 2.50. The van der Waals surface area contributed by atoms with Crippen LogP contribution in [0, 0.1) is 0 Å². The number of hydrogen-bond acceptors (Lipinski definition) is 4. The van der Waals surface area contributed by atoms with E-state index >= 15 is 0 Å². The minimum absolute atomic E-state index is 0.107. The molecule has 0 spiro atoms. The number of hydrogen-bond donors (Lipinski definition) is 1. The van der Waals surface area contributed by atoms with Crippen molar-refractivity contribution in [3.63, 3.8) is 0 Å². The topological polar surface area (TPSA) is 38.3 Å². The molecule has 0 heterocycles. The van der Waals surface area contributed by atoms with Gasteiger partial charge in [-0.25, -0.2) is 0 Å². The van der Waals surface area contributed by atoms with Gasteiger partial charge in [0, 0.05) is 14.6 Å². The second kappa shape index (κ2) is 7.65. The highest BCUT2D eigenvalue weighted by Gasteiger charge is 2.43. The number of ether oxygens (including phenoxy) is 1. The number of carbonyl (C=O) groups is 1. The Morgan fingerprint density at radius 1 is 1.52 bits per heavy atom. The van der Waals surface area contributed by atoms with Gasteiger partial charge in [0.2, 0.25) is 0 Å². The summed E-state index contributed by atoms with van der Waals surface area (Å²) >= 11 is 5.44. The first kappa shape index (κ1) is 16.8. The van der Waals surface area contributed by atoms with Gasteiger partial charge in [-0.1, -0.05) is 12.1 Å². The average molecular weight is 372 g/mol. The number of thioether (sulfide) groups is 1. The summed E-state index contributed by atoms with van der Waals surface area (Å²) in [6.45, 7) is 2.29. The van der Waals surface area contributed by atoms with Crippen LogP contribution >= 0.6 is 27.7 Å². The second-order valence-corrected chi connectivity index (χ2v) is 7.52. The molecule has 1 aromatic carbocycles. The first-order valence-electron chi connectivity index (χ1n) is 7.38. The summed E-state index contributed by atoms with van der Waals surface area (Å²) in [5.74, 6) is -0.107. The van der Waals surface area contributed by atoms with Gasteiger partial charge in [-0.15, -0.1) is 11.8 Å². The zero-order valence-corrected chi connectivity index (χ0v) is 14.9. The van der Waals surface area contributed by atoms with Crippen LogP contribution in [0.15, 0.2) is 33.6 Å². The van der Waals surface area contributed by atoms with Crippen molar-refractivity contribution in [2.24, 2.45) is 0 Å². The Hall–Kier alpha value is -0.520. The Balaban J connectivity index is 2.09. The maximum absolute atomic E-state index is 12.3. The molecule has 1 saturated carbocycles. The lowest BCUT2D eigenvalue weighted by molar-refractivity contribution is -0.152. The fourth-order valence-electron chi connectivity index (χ4n) is 2.83. The zero-order valence-electron chi connectivity index (χ0n) is 12.5. The van der Waals surface area contributed by atoms with Crippen LogP contribution < -0.4 is 5.32 Å².